The number of aliphatic imine (C=N–C) groups is 1. The minimum absolute atomic E-state index is 0.492. The van der Waals surface area contributed by atoms with Crippen LogP contribution in [0.2, 0.25) is 0 Å². The summed E-state index contributed by atoms with van der Waals surface area (Å²) in [5.41, 5.74) is 2.76. The number of hydrogen-bond acceptors (Lipinski definition) is 4. The van der Waals surface area contributed by atoms with E-state index in [2.05, 4.69) is 39.4 Å². The van der Waals surface area contributed by atoms with E-state index >= 15 is 0 Å². The molecule has 2 heterocycles. The molecule has 0 radical (unpaired) electrons. The highest BCUT2D eigenvalue weighted by Crippen LogP contribution is 2.27. The third kappa shape index (κ3) is 5.28. The van der Waals surface area contributed by atoms with Crippen molar-refractivity contribution in [2.24, 2.45) is 4.99 Å². The van der Waals surface area contributed by atoms with Crippen molar-refractivity contribution in [3.8, 4) is 0 Å². The Labute approximate surface area is 158 Å². The summed E-state index contributed by atoms with van der Waals surface area (Å²) in [5.74, 6) is 1.38. The van der Waals surface area contributed by atoms with Crippen LogP contribution in [0.25, 0.3) is 0 Å². The summed E-state index contributed by atoms with van der Waals surface area (Å²) in [7, 11) is 1.83. The lowest BCUT2D eigenvalue weighted by atomic mass is 10.0. The van der Waals surface area contributed by atoms with Gasteiger partial charge in [-0.05, 0) is 60.4 Å². The molecule has 0 bridgehead atoms. The Kier molecular flexibility index (Phi) is 6.87. The highest BCUT2D eigenvalue weighted by atomic mass is 32.1. The molecular formula is C19H28N4S2. The lowest BCUT2D eigenvalue weighted by Gasteiger charge is -2.15. The lowest BCUT2D eigenvalue weighted by molar-refractivity contribution is 0.676. The molecule has 4 nitrogen and oxygen atoms in total. The van der Waals surface area contributed by atoms with E-state index in [1.54, 1.807) is 11.3 Å². The van der Waals surface area contributed by atoms with Gasteiger partial charge in [0.05, 0.1) is 10.7 Å². The molecule has 3 rings (SSSR count). The first-order valence-electron chi connectivity index (χ1n) is 9.20. The third-order valence-corrected chi connectivity index (χ3v) is 6.58. The molecule has 6 heteroatoms. The fraction of sp³-hybridized carbons (Fsp3) is 0.579. The van der Waals surface area contributed by atoms with Crippen LogP contribution in [0.15, 0.2) is 21.8 Å². The van der Waals surface area contributed by atoms with Crippen LogP contribution >= 0.6 is 22.7 Å². The van der Waals surface area contributed by atoms with Crippen molar-refractivity contribution in [2.45, 2.75) is 51.4 Å². The monoisotopic (exact) mass is 376 g/mol. The zero-order valence-corrected chi connectivity index (χ0v) is 16.8. The van der Waals surface area contributed by atoms with Crippen molar-refractivity contribution in [1.82, 2.24) is 15.6 Å². The minimum Gasteiger partial charge on any atom is -0.356 e. The molecule has 2 aromatic heterocycles. The molecule has 1 aliphatic carbocycles. The zero-order chi connectivity index (χ0) is 17.5. The number of thiophene rings is 1. The lowest BCUT2D eigenvalue weighted by Crippen LogP contribution is -2.39. The smallest absolute Gasteiger partial charge is 0.190 e. The number of fused-ring (bicyclic) bond motifs is 1. The van der Waals surface area contributed by atoms with E-state index in [0.29, 0.717) is 5.92 Å². The van der Waals surface area contributed by atoms with Crippen LogP contribution in [0.1, 0.15) is 53.2 Å². The van der Waals surface area contributed by atoms with Crippen molar-refractivity contribution in [1.29, 1.82) is 0 Å². The SMILES string of the molecule is CN=C(NCCCc1nc2c(s1)CCCC2)NCC(C)c1ccsc1. The Bertz CT molecular complexity index is 652. The highest BCUT2D eigenvalue weighted by Gasteiger charge is 2.14. The summed E-state index contributed by atoms with van der Waals surface area (Å²) >= 11 is 3.68. The number of guanidine groups is 1. The predicted octanol–water partition coefficient (Wildman–Crippen LogP) is 3.98. The summed E-state index contributed by atoms with van der Waals surface area (Å²) in [6.45, 7) is 4.07. The van der Waals surface area contributed by atoms with Gasteiger partial charge in [-0.15, -0.1) is 11.3 Å². The standard InChI is InChI=1S/C19H28N4S2/c1-14(15-9-11-24-13-15)12-22-19(20-2)21-10-5-8-18-23-16-6-3-4-7-17(16)25-18/h9,11,13-14H,3-8,10,12H2,1-2H3,(H2,20,21,22). The van der Waals surface area contributed by atoms with Gasteiger partial charge in [0.15, 0.2) is 5.96 Å². The molecule has 2 aromatic rings. The molecule has 1 unspecified atom stereocenters. The van der Waals surface area contributed by atoms with Crippen LogP contribution in [0.5, 0.6) is 0 Å². The molecule has 1 aliphatic rings. The summed E-state index contributed by atoms with van der Waals surface area (Å²) in [6, 6.07) is 2.20. The fourth-order valence-electron chi connectivity index (χ4n) is 3.10. The zero-order valence-electron chi connectivity index (χ0n) is 15.2. The summed E-state index contributed by atoms with van der Waals surface area (Å²) < 4.78 is 0. The molecule has 2 N–H and O–H groups in total. The van der Waals surface area contributed by atoms with Gasteiger partial charge in [-0.3, -0.25) is 4.99 Å². The first-order valence-corrected chi connectivity index (χ1v) is 11.0. The van der Waals surface area contributed by atoms with Gasteiger partial charge in [0.1, 0.15) is 0 Å². The molecule has 0 aromatic carbocycles. The topological polar surface area (TPSA) is 49.3 Å². The maximum Gasteiger partial charge on any atom is 0.190 e. The maximum atomic E-state index is 4.82. The number of hydrogen-bond donors (Lipinski definition) is 2. The van der Waals surface area contributed by atoms with Gasteiger partial charge in [0.25, 0.3) is 0 Å². The van der Waals surface area contributed by atoms with Gasteiger partial charge < -0.3 is 10.6 Å². The van der Waals surface area contributed by atoms with Gasteiger partial charge in [-0.2, -0.15) is 11.3 Å². The summed E-state index contributed by atoms with van der Waals surface area (Å²) in [5, 5.41) is 12.5. The number of rotatable bonds is 7. The van der Waals surface area contributed by atoms with Gasteiger partial charge in [-0.25, -0.2) is 4.98 Å². The van der Waals surface area contributed by atoms with Crippen molar-refractivity contribution < 1.29 is 0 Å². The van der Waals surface area contributed by atoms with Crippen LogP contribution in [-0.4, -0.2) is 31.1 Å². The van der Waals surface area contributed by atoms with Crippen LogP contribution in [0, 0.1) is 0 Å². The molecule has 0 spiro atoms. The Morgan fingerprint density at radius 3 is 2.96 bits per heavy atom. The second-order valence-electron chi connectivity index (χ2n) is 6.63. The van der Waals surface area contributed by atoms with Crippen LogP contribution in [0.3, 0.4) is 0 Å². The minimum atomic E-state index is 0.492. The first-order chi connectivity index (χ1) is 12.3. The first kappa shape index (κ1) is 18.4. The van der Waals surface area contributed by atoms with Gasteiger partial charge in [0, 0.05) is 31.4 Å². The summed E-state index contributed by atoms with van der Waals surface area (Å²) in [4.78, 5) is 10.7. The Morgan fingerprint density at radius 1 is 1.32 bits per heavy atom. The van der Waals surface area contributed by atoms with Gasteiger partial charge in [0.2, 0.25) is 0 Å². The predicted molar refractivity (Wildman–Crippen MR) is 109 cm³/mol. The molecular weight excluding hydrogens is 348 g/mol. The molecule has 0 aliphatic heterocycles. The Morgan fingerprint density at radius 2 is 2.20 bits per heavy atom. The second kappa shape index (κ2) is 9.34. The van der Waals surface area contributed by atoms with Gasteiger partial charge >= 0.3 is 0 Å². The van der Waals surface area contributed by atoms with E-state index in [0.717, 1.165) is 31.9 Å². The van der Waals surface area contributed by atoms with E-state index in [4.69, 9.17) is 4.98 Å². The maximum absolute atomic E-state index is 4.82. The van der Waals surface area contributed by atoms with E-state index in [1.807, 2.05) is 18.4 Å². The van der Waals surface area contributed by atoms with Gasteiger partial charge in [-0.1, -0.05) is 6.92 Å². The van der Waals surface area contributed by atoms with Crippen LogP contribution in [0.4, 0.5) is 0 Å². The van der Waals surface area contributed by atoms with Crippen molar-refractivity contribution in [2.75, 3.05) is 20.1 Å². The largest absolute Gasteiger partial charge is 0.356 e. The van der Waals surface area contributed by atoms with Crippen molar-refractivity contribution in [3.05, 3.63) is 38.0 Å². The van der Waals surface area contributed by atoms with Crippen molar-refractivity contribution >= 4 is 28.6 Å². The van der Waals surface area contributed by atoms with Crippen molar-refractivity contribution in [3.63, 3.8) is 0 Å². The number of nitrogens with zero attached hydrogens (tertiary/aromatic N) is 2. The van der Waals surface area contributed by atoms with E-state index < -0.39 is 0 Å². The number of aryl methyl sites for hydroxylation is 3. The molecule has 0 fully saturated rings. The number of nitrogens with one attached hydrogen (secondary N) is 2. The average Bonchev–Trinajstić information content (AvgIpc) is 3.30. The quantitative estimate of drug-likeness (QED) is 0.436. The summed E-state index contributed by atoms with van der Waals surface area (Å²) in [6.07, 6.45) is 7.22. The average molecular weight is 377 g/mol. The molecule has 136 valence electrons. The molecule has 1 atom stereocenters. The highest BCUT2D eigenvalue weighted by molar-refractivity contribution is 7.11. The molecule has 0 amide bonds. The second-order valence-corrected chi connectivity index (χ2v) is 8.57. The van der Waals surface area contributed by atoms with E-state index in [9.17, 15) is 0 Å². The Balaban J connectivity index is 1.36. The Hall–Kier alpha value is -1.40. The van der Waals surface area contributed by atoms with E-state index in [1.165, 1.54) is 46.8 Å². The number of thiazole rings is 1. The molecule has 0 saturated carbocycles. The van der Waals surface area contributed by atoms with Crippen LogP contribution in [-0.2, 0) is 19.3 Å². The van der Waals surface area contributed by atoms with Crippen LogP contribution < -0.4 is 10.6 Å². The molecule has 0 saturated heterocycles. The normalized spacial score (nSPS) is 15.7. The molecule has 25 heavy (non-hydrogen) atoms. The fourth-order valence-corrected chi connectivity index (χ4v) is 5.08. The number of aromatic nitrogens is 1. The third-order valence-electron chi connectivity index (χ3n) is 4.66. The van der Waals surface area contributed by atoms with E-state index in [-0.39, 0.29) is 0 Å².